The van der Waals surface area contributed by atoms with Crippen molar-refractivity contribution in [2.45, 2.75) is 0 Å². The average Bonchev–Trinajstić information content (AvgIpc) is 2.05. The van der Waals surface area contributed by atoms with E-state index in [1.807, 2.05) is 14.1 Å². The summed E-state index contributed by atoms with van der Waals surface area (Å²) < 4.78 is 0. The molecule has 58 valence electrons. The number of anilines is 1. The summed E-state index contributed by atoms with van der Waals surface area (Å²) in [7, 11) is 4.43. The van der Waals surface area contributed by atoms with Gasteiger partial charge in [-0.3, -0.25) is 0 Å². The Bertz CT molecular complexity index is 220. The third-order valence-corrected chi connectivity index (χ3v) is 2.70. The van der Waals surface area contributed by atoms with Crippen LogP contribution in [0.4, 0.5) is 5.69 Å². The van der Waals surface area contributed by atoms with Crippen molar-refractivity contribution in [1.29, 1.82) is 0 Å². The minimum absolute atomic E-state index is 0.374. The van der Waals surface area contributed by atoms with Crippen molar-refractivity contribution in [3.8, 4) is 0 Å². The molecule has 0 bridgehead atoms. The first-order valence-corrected chi connectivity index (χ1v) is 5.39. The van der Waals surface area contributed by atoms with Gasteiger partial charge in [-0.15, -0.1) is 0 Å². The van der Waals surface area contributed by atoms with E-state index >= 15 is 0 Å². The molecule has 0 aliphatic carbocycles. The molecule has 0 amide bonds. The Morgan fingerprint density at radius 2 is 1.73 bits per heavy atom. The van der Waals surface area contributed by atoms with Crippen molar-refractivity contribution in [2.24, 2.45) is 0 Å². The molecule has 2 radical (unpaired) electrons. The van der Waals surface area contributed by atoms with Crippen LogP contribution in [0.2, 0.25) is 0 Å². The van der Waals surface area contributed by atoms with Crippen molar-refractivity contribution in [3.05, 3.63) is 24.3 Å². The molecule has 1 aromatic carbocycles. The fourth-order valence-electron chi connectivity index (χ4n) is 0.823. The van der Waals surface area contributed by atoms with E-state index in [0.717, 1.165) is 0 Å². The molecule has 1 nitrogen and oxygen atoms in total. The Hall–Kier alpha value is -0.473. The van der Waals surface area contributed by atoms with Gasteiger partial charge >= 0.3 is 0 Å². The van der Waals surface area contributed by atoms with E-state index in [1.54, 1.807) is 0 Å². The van der Waals surface area contributed by atoms with Gasteiger partial charge in [-0.2, -0.15) is 11.1 Å². The van der Waals surface area contributed by atoms with E-state index in [4.69, 9.17) is 11.1 Å². The monoisotopic (exact) mass is 183 g/mol. The Labute approximate surface area is 74.5 Å². The second-order valence-electron chi connectivity index (χ2n) is 2.54. The highest BCUT2D eigenvalue weighted by atomic mass is 35.6. The lowest BCUT2D eigenvalue weighted by molar-refractivity contribution is 1.13. The lowest BCUT2D eigenvalue weighted by Crippen LogP contribution is -2.12. The summed E-state index contributed by atoms with van der Waals surface area (Å²) in [6, 6.07) is 8.26. The lowest BCUT2D eigenvalue weighted by Gasteiger charge is -2.11. The van der Waals surface area contributed by atoms with Crippen LogP contribution in [0, 0.1) is 0 Å². The molecule has 0 fully saturated rings. The molecule has 0 spiro atoms. The van der Waals surface area contributed by atoms with Gasteiger partial charge in [-0.1, -0.05) is 12.1 Å². The Balaban J connectivity index is 2.83. The first-order valence-electron chi connectivity index (χ1n) is 3.38. The van der Waals surface area contributed by atoms with Crippen LogP contribution in [-0.2, 0) is 0 Å². The Morgan fingerprint density at radius 1 is 1.18 bits per heavy atom. The number of nitrogens with zero attached hydrogens (tertiary/aromatic N) is 1. The molecule has 1 aromatic rings. The standard InChI is InChI=1S/C8H10ClNSi/c1-10(2)7-3-5-8(11-9)6-4-7/h3-6H,1-2H3. The van der Waals surface area contributed by atoms with Crippen LogP contribution < -0.4 is 10.1 Å². The molecule has 0 saturated heterocycles. The normalized spacial score (nSPS) is 9.73. The molecular weight excluding hydrogens is 174 g/mol. The van der Waals surface area contributed by atoms with Crippen molar-refractivity contribution in [1.82, 2.24) is 0 Å². The van der Waals surface area contributed by atoms with Gasteiger partial charge in [-0.05, 0) is 17.3 Å². The highest BCUT2D eigenvalue weighted by molar-refractivity contribution is 7.01. The fourth-order valence-corrected chi connectivity index (χ4v) is 1.49. The van der Waals surface area contributed by atoms with Crippen molar-refractivity contribution in [3.63, 3.8) is 0 Å². The lowest BCUT2D eigenvalue weighted by atomic mass is 10.3. The molecule has 0 atom stereocenters. The van der Waals surface area contributed by atoms with Gasteiger partial charge < -0.3 is 4.90 Å². The predicted molar refractivity (Wildman–Crippen MR) is 52.0 cm³/mol. The molecule has 3 heteroatoms. The summed E-state index contributed by atoms with van der Waals surface area (Å²) in [6.07, 6.45) is 0. The van der Waals surface area contributed by atoms with Gasteiger partial charge in [0.25, 0.3) is 0 Å². The zero-order valence-electron chi connectivity index (χ0n) is 6.63. The van der Waals surface area contributed by atoms with Gasteiger partial charge in [0.15, 0.2) is 0 Å². The van der Waals surface area contributed by atoms with Crippen LogP contribution in [0.25, 0.3) is 0 Å². The maximum Gasteiger partial charge on any atom is 0.210 e. The quantitative estimate of drug-likeness (QED) is 0.493. The molecule has 0 N–H and O–H groups in total. The van der Waals surface area contributed by atoms with Crippen LogP contribution >= 0.6 is 11.1 Å². The zero-order valence-corrected chi connectivity index (χ0v) is 8.39. The second kappa shape index (κ2) is 3.79. The topological polar surface area (TPSA) is 3.24 Å². The Morgan fingerprint density at radius 3 is 2.09 bits per heavy atom. The minimum Gasteiger partial charge on any atom is -0.378 e. The van der Waals surface area contributed by atoms with E-state index in [-0.39, 0.29) is 0 Å². The number of hydrogen-bond acceptors (Lipinski definition) is 1. The molecular formula is C8H10ClNSi. The molecule has 1 rings (SSSR count). The first-order chi connectivity index (χ1) is 5.24. The number of hydrogen-bond donors (Lipinski definition) is 0. The highest BCUT2D eigenvalue weighted by Gasteiger charge is 1.94. The number of rotatable bonds is 2. The molecule has 11 heavy (non-hydrogen) atoms. The molecule has 0 aromatic heterocycles. The highest BCUT2D eigenvalue weighted by Crippen LogP contribution is 2.06. The maximum absolute atomic E-state index is 5.67. The second-order valence-corrected chi connectivity index (χ2v) is 3.87. The van der Waals surface area contributed by atoms with Crippen LogP contribution in [-0.4, -0.2) is 22.9 Å². The van der Waals surface area contributed by atoms with Crippen molar-refractivity contribution in [2.75, 3.05) is 19.0 Å². The number of halogens is 1. The van der Waals surface area contributed by atoms with Crippen LogP contribution in [0.15, 0.2) is 24.3 Å². The van der Waals surface area contributed by atoms with E-state index in [0.29, 0.717) is 8.83 Å². The third-order valence-electron chi connectivity index (χ3n) is 1.49. The Kier molecular flexibility index (Phi) is 2.97. The van der Waals surface area contributed by atoms with Gasteiger partial charge in [0.1, 0.15) is 0 Å². The SMILES string of the molecule is CN(C)c1ccc([Si]Cl)cc1. The number of benzene rings is 1. The maximum atomic E-state index is 5.67. The summed E-state index contributed by atoms with van der Waals surface area (Å²) in [5, 5.41) is 1.19. The summed E-state index contributed by atoms with van der Waals surface area (Å²) >= 11 is 5.67. The molecule has 0 aliphatic rings. The van der Waals surface area contributed by atoms with Crippen LogP contribution in [0.5, 0.6) is 0 Å². The van der Waals surface area contributed by atoms with E-state index in [9.17, 15) is 0 Å². The third kappa shape index (κ3) is 2.24. The zero-order chi connectivity index (χ0) is 8.27. The van der Waals surface area contributed by atoms with Crippen molar-refractivity contribution >= 4 is 30.8 Å². The summed E-state index contributed by atoms with van der Waals surface area (Å²) in [6.45, 7) is 0. The minimum atomic E-state index is 0.374. The van der Waals surface area contributed by atoms with Gasteiger partial charge in [-0.25, -0.2) is 0 Å². The first kappa shape index (κ1) is 8.62. The summed E-state index contributed by atoms with van der Waals surface area (Å²) in [5.74, 6) is 0. The smallest absolute Gasteiger partial charge is 0.210 e. The average molecular weight is 184 g/mol. The summed E-state index contributed by atoms with van der Waals surface area (Å²) in [4.78, 5) is 2.07. The van der Waals surface area contributed by atoms with Gasteiger partial charge in [0.05, 0.1) is 0 Å². The molecule has 0 unspecified atom stereocenters. The fraction of sp³-hybridized carbons (Fsp3) is 0.250. The van der Waals surface area contributed by atoms with Crippen LogP contribution in [0.3, 0.4) is 0 Å². The van der Waals surface area contributed by atoms with E-state index < -0.39 is 0 Å². The molecule has 0 heterocycles. The molecule has 0 aliphatic heterocycles. The van der Waals surface area contributed by atoms with E-state index in [1.165, 1.54) is 10.9 Å². The largest absolute Gasteiger partial charge is 0.378 e. The summed E-state index contributed by atoms with van der Waals surface area (Å²) in [5.41, 5.74) is 1.21. The van der Waals surface area contributed by atoms with Crippen LogP contribution in [0.1, 0.15) is 0 Å². The van der Waals surface area contributed by atoms with Crippen molar-refractivity contribution < 1.29 is 0 Å². The van der Waals surface area contributed by atoms with E-state index in [2.05, 4.69) is 29.2 Å². The van der Waals surface area contributed by atoms with Gasteiger partial charge in [0.2, 0.25) is 8.83 Å². The molecule has 0 saturated carbocycles. The van der Waals surface area contributed by atoms with Gasteiger partial charge in [0, 0.05) is 19.8 Å². The predicted octanol–water partition coefficient (Wildman–Crippen LogP) is 1.24.